The van der Waals surface area contributed by atoms with Crippen LogP contribution in [0.5, 0.6) is 0 Å². The quantitative estimate of drug-likeness (QED) is 0.714. The van der Waals surface area contributed by atoms with E-state index >= 15 is 0 Å². The molecule has 5 unspecified atom stereocenters. The molecule has 0 bridgehead atoms. The third-order valence-electron chi connectivity index (χ3n) is 4.68. The van der Waals surface area contributed by atoms with Crippen molar-refractivity contribution in [3.05, 3.63) is 0 Å². The molecule has 14 heavy (non-hydrogen) atoms. The predicted octanol–water partition coefficient (Wildman–Crippen LogP) is 3.16. The summed E-state index contributed by atoms with van der Waals surface area (Å²) in [5.74, 6) is 4.69. The lowest BCUT2D eigenvalue weighted by molar-refractivity contribution is 0.0227. The fourth-order valence-corrected chi connectivity index (χ4v) is 2.95. The van der Waals surface area contributed by atoms with Gasteiger partial charge in [0.1, 0.15) is 0 Å². The van der Waals surface area contributed by atoms with Gasteiger partial charge in [0, 0.05) is 0 Å². The highest BCUT2D eigenvalue weighted by Crippen LogP contribution is 2.46. The first-order chi connectivity index (χ1) is 6.61. The van der Waals surface area contributed by atoms with E-state index in [1.165, 1.54) is 19.4 Å². The first-order valence-corrected chi connectivity index (χ1v) is 6.26. The van der Waals surface area contributed by atoms with E-state index in [-0.39, 0.29) is 0 Å². The molecule has 0 aromatic heterocycles. The Bertz CT molecular complexity index is 167. The number of hydrogen-bond donors (Lipinski definition) is 1. The van der Waals surface area contributed by atoms with Crippen molar-refractivity contribution in [3.8, 4) is 0 Å². The van der Waals surface area contributed by atoms with Crippen LogP contribution >= 0.6 is 0 Å². The molecule has 0 aromatic carbocycles. The van der Waals surface area contributed by atoms with Crippen molar-refractivity contribution >= 4 is 0 Å². The Hall–Kier alpha value is -0.0400. The molecule has 0 aliphatic heterocycles. The molecule has 0 saturated heterocycles. The molecule has 0 aromatic rings. The standard InChI is InChI=1S/C13H27N/c1-6-9(2)10(3)13-7-12(8-14-5)11(13)4/h9-14H,6-8H2,1-5H3. The van der Waals surface area contributed by atoms with Crippen LogP contribution in [0.1, 0.15) is 40.5 Å². The van der Waals surface area contributed by atoms with Crippen molar-refractivity contribution in [1.29, 1.82) is 0 Å². The molecule has 0 heterocycles. The SMILES string of the molecule is CCC(C)C(C)C1CC(CNC)C1C. The van der Waals surface area contributed by atoms with Crippen molar-refractivity contribution in [3.63, 3.8) is 0 Å². The predicted molar refractivity (Wildman–Crippen MR) is 63.3 cm³/mol. The third kappa shape index (κ3) is 2.31. The Morgan fingerprint density at radius 1 is 1.36 bits per heavy atom. The molecule has 1 N–H and O–H groups in total. The molecule has 1 fully saturated rings. The van der Waals surface area contributed by atoms with Gasteiger partial charge in [-0.15, -0.1) is 0 Å². The van der Waals surface area contributed by atoms with E-state index in [0.29, 0.717) is 0 Å². The van der Waals surface area contributed by atoms with Crippen LogP contribution in [0, 0.1) is 29.6 Å². The molecule has 1 aliphatic rings. The molecular formula is C13H27N. The average molecular weight is 197 g/mol. The van der Waals surface area contributed by atoms with E-state index in [4.69, 9.17) is 0 Å². The highest BCUT2D eigenvalue weighted by molar-refractivity contribution is 4.90. The maximum atomic E-state index is 3.30. The van der Waals surface area contributed by atoms with E-state index < -0.39 is 0 Å². The molecule has 1 saturated carbocycles. The van der Waals surface area contributed by atoms with Gasteiger partial charge >= 0.3 is 0 Å². The van der Waals surface area contributed by atoms with Crippen LogP contribution < -0.4 is 5.32 Å². The fraction of sp³-hybridized carbons (Fsp3) is 1.00. The van der Waals surface area contributed by atoms with Gasteiger partial charge in [0.15, 0.2) is 0 Å². The summed E-state index contributed by atoms with van der Waals surface area (Å²) in [5, 5.41) is 3.30. The third-order valence-corrected chi connectivity index (χ3v) is 4.68. The van der Waals surface area contributed by atoms with Crippen LogP contribution in [0.25, 0.3) is 0 Å². The van der Waals surface area contributed by atoms with E-state index in [9.17, 15) is 0 Å². The first kappa shape index (κ1) is 12.0. The van der Waals surface area contributed by atoms with Crippen LogP contribution in [0.3, 0.4) is 0 Å². The summed E-state index contributed by atoms with van der Waals surface area (Å²) in [7, 11) is 2.07. The molecule has 0 amide bonds. The summed E-state index contributed by atoms with van der Waals surface area (Å²) in [6, 6.07) is 0. The van der Waals surface area contributed by atoms with E-state index in [2.05, 4.69) is 40.1 Å². The van der Waals surface area contributed by atoms with Gasteiger partial charge in [-0.1, -0.05) is 34.1 Å². The highest BCUT2D eigenvalue weighted by Gasteiger charge is 2.40. The van der Waals surface area contributed by atoms with Gasteiger partial charge in [-0.3, -0.25) is 0 Å². The van der Waals surface area contributed by atoms with Gasteiger partial charge in [-0.2, -0.15) is 0 Å². The second kappa shape index (κ2) is 5.16. The Morgan fingerprint density at radius 3 is 2.43 bits per heavy atom. The average Bonchev–Trinajstić information content (AvgIpc) is 2.20. The highest BCUT2D eigenvalue weighted by atomic mass is 14.8. The zero-order valence-electron chi connectivity index (χ0n) is 10.5. The summed E-state index contributed by atoms with van der Waals surface area (Å²) >= 11 is 0. The molecule has 0 spiro atoms. The largest absolute Gasteiger partial charge is 0.319 e. The fourth-order valence-electron chi connectivity index (χ4n) is 2.95. The lowest BCUT2D eigenvalue weighted by Crippen LogP contribution is -2.44. The van der Waals surface area contributed by atoms with Crippen molar-refractivity contribution in [2.45, 2.75) is 40.5 Å². The van der Waals surface area contributed by atoms with Gasteiger partial charge in [-0.05, 0) is 49.6 Å². The molecule has 0 radical (unpaired) electrons. The van der Waals surface area contributed by atoms with Gasteiger partial charge < -0.3 is 5.32 Å². The minimum absolute atomic E-state index is 0.901. The Balaban J connectivity index is 2.35. The van der Waals surface area contributed by atoms with Crippen LogP contribution in [0.15, 0.2) is 0 Å². The van der Waals surface area contributed by atoms with Crippen LogP contribution in [0.2, 0.25) is 0 Å². The van der Waals surface area contributed by atoms with Crippen molar-refractivity contribution < 1.29 is 0 Å². The van der Waals surface area contributed by atoms with Crippen LogP contribution in [-0.2, 0) is 0 Å². The van der Waals surface area contributed by atoms with Gasteiger partial charge in [0.05, 0.1) is 0 Å². The minimum Gasteiger partial charge on any atom is -0.319 e. The summed E-state index contributed by atoms with van der Waals surface area (Å²) in [6.07, 6.45) is 2.79. The smallest absolute Gasteiger partial charge is 0.00208 e. The Morgan fingerprint density at radius 2 is 2.00 bits per heavy atom. The van der Waals surface area contributed by atoms with E-state index in [1.807, 2.05) is 0 Å². The minimum atomic E-state index is 0.901. The summed E-state index contributed by atoms with van der Waals surface area (Å²) in [6.45, 7) is 10.8. The lowest BCUT2D eigenvalue weighted by atomic mass is 9.59. The molecule has 5 atom stereocenters. The maximum Gasteiger partial charge on any atom is -0.00208 e. The van der Waals surface area contributed by atoms with E-state index in [0.717, 1.165) is 29.6 Å². The van der Waals surface area contributed by atoms with Gasteiger partial charge in [0.2, 0.25) is 0 Å². The van der Waals surface area contributed by atoms with Crippen molar-refractivity contribution in [1.82, 2.24) is 5.32 Å². The van der Waals surface area contributed by atoms with Crippen LogP contribution in [0.4, 0.5) is 0 Å². The second-order valence-corrected chi connectivity index (χ2v) is 5.32. The number of nitrogens with one attached hydrogen (secondary N) is 1. The topological polar surface area (TPSA) is 12.0 Å². The zero-order chi connectivity index (χ0) is 10.7. The van der Waals surface area contributed by atoms with Crippen LogP contribution in [-0.4, -0.2) is 13.6 Å². The molecule has 1 nitrogen and oxygen atoms in total. The van der Waals surface area contributed by atoms with Crippen molar-refractivity contribution in [2.24, 2.45) is 29.6 Å². The van der Waals surface area contributed by atoms with Crippen molar-refractivity contribution in [2.75, 3.05) is 13.6 Å². The monoisotopic (exact) mass is 197 g/mol. The maximum absolute atomic E-state index is 3.30. The zero-order valence-corrected chi connectivity index (χ0v) is 10.5. The molecule has 84 valence electrons. The lowest BCUT2D eigenvalue weighted by Gasteiger charge is -2.47. The summed E-state index contributed by atoms with van der Waals surface area (Å²) in [4.78, 5) is 0. The summed E-state index contributed by atoms with van der Waals surface area (Å²) < 4.78 is 0. The Kier molecular flexibility index (Phi) is 4.43. The first-order valence-electron chi connectivity index (χ1n) is 6.26. The second-order valence-electron chi connectivity index (χ2n) is 5.32. The Labute approximate surface area is 89.7 Å². The molecule has 1 heteroatoms. The van der Waals surface area contributed by atoms with Gasteiger partial charge in [-0.25, -0.2) is 0 Å². The normalized spacial score (nSPS) is 36.2. The number of hydrogen-bond acceptors (Lipinski definition) is 1. The number of rotatable bonds is 5. The summed E-state index contributed by atoms with van der Waals surface area (Å²) in [5.41, 5.74) is 0. The van der Waals surface area contributed by atoms with Gasteiger partial charge in [0.25, 0.3) is 0 Å². The molecular weight excluding hydrogens is 170 g/mol. The molecule has 1 rings (SSSR count). The van der Waals surface area contributed by atoms with E-state index in [1.54, 1.807) is 0 Å². The molecule has 1 aliphatic carbocycles.